The van der Waals surface area contributed by atoms with Gasteiger partial charge in [0.05, 0.1) is 26.4 Å². The van der Waals surface area contributed by atoms with Crippen molar-refractivity contribution in [3.8, 4) is 0 Å². The Morgan fingerprint density at radius 1 is 0.683 bits per heavy atom. The second-order valence-corrected chi connectivity index (χ2v) is 12.3. The van der Waals surface area contributed by atoms with Crippen molar-refractivity contribution >= 4 is 12.7 Å². The molecule has 0 saturated carbocycles. The number of hydrogen-bond donors (Lipinski definition) is 1. The molecule has 4 aromatic carbocycles. The van der Waals surface area contributed by atoms with Crippen LogP contribution in [0.15, 0.2) is 109 Å². The maximum atomic E-state index is 14.4. The van der Waals surface area contributed by atoms with Crippen LogP contribution in [0.2, 0.25) is 0 Å². The van der Waals surface area contributed by atoms with Crippen LogP contribution < -0.4 is 5.30 Å². The first-order valence-electron chi connectivity index (χ1n) is 13.3. The fraction of sp³-hybridized carbons (Fsp3) is 0.250. The van der Waals surface area contributed by atoms with Crippen LogP contribution in [0.5, 0.6) is 0 Å². The van der Waals surface area contributed by atoms with E-state index in [1.807, 2.05) is 91.0 Å². The van der Waals surface area contributed by atoms with Crippen molar-refractivity contribution in [3.63, 3.8) is 0 Å². The Labute approximate surface area is 237 Å². The van der Waals surface area contributed by atoms with Crippen molar-refractivity contribution in [3.05, 3.63) is 138 Å². The Morgan fingerprint density at radius 2 is 1.15 bits per heavy atom. The third-order valence-electron chi connectivity index (χ3n) is 6.80. The number of hydrogen-bond acceptors (Lipinski definition) is 6. The molecule has 1 unspecified atom stereocenters. The van der Waals surface area contributed by atoms with Crippen LogP contribution in [0.25, 0.3) is 0 Å². The highest BCUT2D eigenvalue weighted by molar-refractivity contribution is 7.67. The summed E-state index contributed by atoms with van der Waals surface area (Å²) in [5.74, 6) is -3.64. The van der Waals surface area contributed by atoms with Crippen molar-refractivity contribution in [2.45, 2.75) is 44.0 Å². The van der Waals surface area contributed by atoms with E-state index in [4.69, 9.17) is 18.7 Å². The van der Waals surface area contributed by atoms with E-state index in [1.54, 1.807) is 0 Å². The zero-order chi connectivity index (χ0) is 28.7. The van der Waals surface area contributed by atoms with Crippen LogP contribution in [0.3, 0.4) is 0 Å². The fourth-order valence-electron chi connectivity index (χ4n) is 4.74. The van der Waals surface area contributed by atoms with Crippen LogP contribution in [0.1, 0.15) is 16.7 Å². The number of aliphatic hydroxyl groups is 1. The molecule has 9 heteroatoms. The zero-order valence-corrected chi connectivity index (χ0v) is 23.1. The van der Waals surface area contributed by atoms with Crippen LogP contribution in [0, 0.1) is 11.6 Å². The summed E-state index contributed by atoms with van der Waals surface area (Å²) in [7, 11) is -4.30. The molecule has 1 heterocycles. The summed E-state index contributed by atoms with van der Waals surface area (Å²) in [6.07, 6.45) is -3.09. The van der Waals surface area contributed by atoms with Gasteiger partial charge >= 0.3 is 0 Å². The highest BCUT2D eigenvalue weighted by Crippen LogP contribution is 2.57. The predicted molar refractivity (Wildman–Crippen MR) is 151 cm³/mol. The van der Waals surface area contributed by atoms with Crippen molar-refractivity contribution in [1.82, 2.24) is 0 Å². The summed E-state index contributed by atoms with van der Waals surface area (Å²) < 4.78 is 67.3. The molecule has 41 heavy (non-hydrogen) atoms. The SMILES string of the molecule is O=[P@@]1(c2cc(F)cc(F)c2)O[C@H](COCc2ccccc2)[C@@H](OCc2ccccc2)[C@H](OCc2ccccc2)C1O. The molecule has 214 valence electrons. The smallest absolute Gasteiger partial charge is 0.263 e. The molecule has 1 saturated heterocycles. The van der Waals surface area contributed by atoms with Gasteiger partial charge in [-0.1, -0.05) is 91.0 Å². The molecule has 0 spiro atoms. The van der Waals surface area contributed by atoms with Gasteiger partial charge in [-0.2, -0.15) is 0 Å². The van der Waals surface area contributed by atoms with Crippen LogP contribution in [-0.2, 0) is 43.1 Å². The summed E-state index contributed by atoms with van der Waals surface area (Å²) in [4.78, 5) is 0. The number of halogens is 2. The zero-order valence-electron chi connectivity index (χ0n) is 22.2. The van der Waals surface area contributed by atoms with Crippen molar-refractivity contribution in [2.24, 2.45) is 0 Å². The standard InChI is InChI=1S/C32H31F2O6P/c33-26-16-27(34)18-28(17-26)41(36)32(35)31(39-21-25-14-8-3-9-15-25)30(38-20-24-12-6-2-7-13-24)29(40-41)22-37-19-23-10-4-1-5-11-23/h1-18,29-32,35H,19-22H2/t29-,30-,31+,32?,41+/m1/s1. The highest BCUT2D eigenvalue weighted by Gasteiger charge is 2.54. The first-order valence-corrected chi connectivity index (χ1v) is 15.0. The van der Waals surface area contributed by atoms with E-state index in [-0.39, 0.29) is 31.7 Å². The van der Waals surface area contributed by atoms with E-state index < -0.39 is 43.2 Å². The Balaban J connectivity index is 1.47. The van der Waals surface area contributed by atoms with Gasteiger partial charge in [-0.3, -0.25) is 4.57 Å². The number of rotatable bonds is 11. The molecule has 0 bridgehead atoms. The van der Waals surface area contributed by atoms with Gasteiger partial charge in [-0.15, -0.1) is 0 Å². The Bertz CT molecular complexity index is 1420. The molecular weight excluding hydrogens is 549 g/mol. The predicted octanol–water partition coefficient (Wildman–Crippen LogP) is 5.97. The fourth-order valence-corrected chi connectivity index (χ4v) is 7.12. The first-order chi connectivity index (χ1) is 19.9. The quantitative estimate of drug-likeness (QED) is 0.220. The summed E-state index contributed by atoms with van der Waals surface area (Å²) in [5, 5.41) is 11.2. The minimum atomic E-state index is -4.30. The molecule has 1 fully saturated rings. The van der Waals surface area contributed by atoms with E-state index in [2.05, 4.69) is 0 Å². The summed E-state index contributed by atoms with van der Waals surface area (Å²) in [6, 6.07) is 30.7. The third-order valence-corrected chi connectivity index (χ3v) is 9.35. The number of ether oxygens (including phenoxy) is 3. The lowest BCUT2D eigenvalue weighted by molar-refractivity contribution is -0.174. The molecule has 5 atom stereocenters. The summed E-state index contributed by atoms with van der Waals surface area (Å²) >= 11 is 0. The highest BCUT2D eigenvalue weighted by atomic mass is 31.2. The van der Waals surface area contributed by atoms with E-state index in [1.165, 1.54) is 0 Å². The van der Waals surface area contributed by atoms with Gasteiger partial charge in [0.2, 0.25) is 0 Å². The number of benzene rings is 4. The topological polar surface area (TPSA) is 74.2 Å². The molecule has 0 amide bonds. The van der Waals surface area contributed by atoms with Gasteiger partial charge in [0.25, 0.3) is 7.37 Å². The minimum Gasteiger partial charge on any atom is -0.380 e. The van der Waals surface area contributed by atoms with Gasteiger partial charge in [-0.05, 0) is 28.8 Å². The van der Waals surface area contributed by atoms with Crippen molar-refractivity contribution in [2.75, 3.05) is 6.61 Å². The lowest BCUT2D eigenvalue weighted by atomic mass is 10.1. The van der Waals surface area contributed by atoms with Gasteiger partial charge < -0.3 is 23.8 Å². The lowest BCUT2D eigenvalue weighted by Crippen LogP contribution is -2.55. The maximum absolute atomic E-state index is 14.4. The van der Waals surface area contributed by atoms with Gasteiger partial charge in [-0.25, -0.2) is 8.78 Å². The molecule has 4 aromatic rings. The maximum Gasteiger partial charge on any atom is 0.263 e. The average Bonchev–Trinajstić information content (AvgIpc) is 2.98. The molecule has 0 aliphatic carbocycles. The Hall–Kier alpha value is -3.23. The normalized spacial score (nSPS) is 24.3. The molecule has 1 aliphatic heterocycles. The van der Waals surface area contributed by atoms with Crippen LogP contribution in [0.4, 0.5) is 8.78 Å². The second kappa shape index (κ2) is 13.6. The van der Waals surface area contributed by atoms with E-state index in [0.717, 1.165) is 28.8 Å². The van der Waals surface area contributed by atoms with Crippen LogP contribution in [-0.4, -0.2) is 35.9 Å². The summed E-state index contributed by atoms with van der Waals surface area (Å²) in [5.41, 5.74) is 2.60. The molecule has 1 aliphatic rings. The number of aliphatic hydroxyl groups excluding tert-OH is 1. The van der Waals surface area contributed by atoms with Gasteiger partial charge in [0.15, 0.2) is 5.85 Å². The van der Waals surface area contributed by atoms with Gasteiger partial charge in [0, 0.05) is 11.4 Å². The van der Waals surface area contributed by atoms with Crippen molar-refractivity contribution in [1.29, 1.82) is 0 Å². The lowest BCUT2D eigenvalue weighted by Gasteiger charge is -2.44. The molecular formula is C32H31F2O6P. The largest absolute Gasteiger partial charge is 0.380 e. The molecule has 5 rings (SSSR count). The van der Waals surface area contributed by atoms with E-state index >= 15 is 0 Å². The first kappa shape index (κ1) is 29.3. The molecule has 0 radical (unpaired) electrons. The Morgan fingerprint density at radius 3 is 1.66 bits per heavy atom. The summed E-state index contributed by atoms with van der Waals surface area (Å²) in [6.45, 7) is 0.390. The minimum absolute atomic E-state index is 0.0723. The van der Waals surface area contributed by atoms with Gasteiger partial charge in [0.1, 0.15) is 29.9 Å². The Kier molecular flexibility index (Phi) is 9.72. The van der Waals surface area contributed by atoms with Crippen LogP contribution >= 0.6 is 7.37 Å². The second-order valence-electron chi connectivity index (χ2n) is 9.81. The van der Waals surface area contributed by atoms with E-state index in [9.17, 15) is 18.5 Å². The third kappa shape index (κ3) is 7.35. The molecule has 0 aromatic heterocycles. The molecule has 6 nitrogen and oxygen atoms in total. The van der Waals surface area contributed by atoms with E-state index in [0.29, 0.717) is 6.07 Å². The van der Waals surface area contributed by atoms with Crippen molar-refractivity contribution < 1.29 is 37.2 Å². The monoisotopic (exact) mass is 580 g/mol. The average molecular weight is 581 g/mol. The molecule has 1 N–H and O–H groups in total.